The topological polar surface area (TPSA) is 79.5 Å². The van der Waals surface area contributed by atoms with Crippen molar-refractivity contribution >= 4 is 5.97 Å². The normalized spacial score (nSPS) is 16.6. The fourth-order valence-corrected chi connectivity index (χ4v) is 2.51. The highest BCUT2D eigenvalue weighted by Crippen LogP contribution is 2.24. The van der Waals surface area contributed by atoms with E-state index in [0.717, 1.165) is 12.8 Å². The lowest BCUT2D eigenvalue weighted by atomic mass is 10.2. The molecular weight excluding hydrogens is 246 g/mol. The number of hydrogen-bond acceptors (Lipinski definition) is 5. The predicted octanol–water partition coefficient (Wildman–Crippen LogP) is 2.02. The van der Waals surface area contributed by atoms with E-state index in [0.29, 0.717) is 24.3 Å². The van der Waals surface area contributed by atoms with Crippen molar-refractivity contribution in [2.75, 3.05) is 6.54 Å². The Kier molecular flexibility index (Phi) is 4.52. The molecule has 1 fully saturated rings. The molecule has 1 heterocycles. The molecule has 0 aliphatic heterocycles. The zero-order valence-electron chi connectivity index (χ0n) is 11.5. The van der Waals surface area contributed by atoms with Crippen molar-refractivity contribution in [1.29, 1.82) is 0 Å². The average Bonchev–Trinajstić information content (AvgIpc) is 2.98. The van der Waals surface area contributed by atoms with Gasteiger partial charge in [-0.3, -0.25) is 9.69 Å². The molecule has 1 aromatic rings. The summed E-state index contributed by atoms with van der Waals surface area (Å²) in [6, 6.07) is 0.331. The smallest absolute Gasteiger partial charge is 0.317 e. The first-order chi connectivity index (χ1) is 9.06. The summed E-state index contributed by atoms with van der Waals surface area (Å²) in [5.41, 5.74) is 0. The molecule has 0 aromatic carbocycles. The quantitative estimate of drug-likeness (QED) is 0.849. The third-order valence-electron chi connectivity index (χ3n) is 3.50. The molecule has 1 aliphatic rings. The summed E-state index contributed by atoms with van der Waals surface area (Å²) >= 11 is 0. The number of nitrogens with zero attached hydrogens (tertiary/aromatic N) is 3. The number of rotatable bonds is 6. The zero-order valence-corrected chi connectivity index (χ0v) is 11.5. The van der Waals surface area contributed by atoms with Gasteiger partial charge in [0.25, 0.3) is 0 Å². The maximum atomic E-state index is 11.0. The van der Waals surface area contributed by atoms with Gasteiger partial charge in [-0.05, 0) is 12.8 Å². The maximum Gasteiger partial charge on any atom is 0.317 e. The van der Waals surface area contributed by atoms with E-state index in [1.54, 1.807) is 0 Å². The Hall–Kier alpha value is -1.43. The summed E-state index contributed by atoms with van der Waals surface area (Å²) in [4.78, 5) is 17.2. The number of hydrogen-bond donors (Lipinski definition) is 1. The molecule has 1 N–H and O–H groups in total. The number of carboxylic acid groups (broad SMARTS) is 1. The van der Waals surface area contributed by atoms with E-state index in [4.69, 9.17) is 9.63 Å². The van der Waals surface area contributed by atoms with Crippen molar-refractivity contribution in [3.8, 4) is 0 Å². The van der Waals surface area contributed by atoms with Crippen molar-refractivity contribution in [3.05, 3.63) is 11.7 Å². The van der Waals surface area contributed by atoms with E-state index in [1.165, 1.54) is 12.8 Å². The maximum absolute atomic E-state index is 11.0. The molecule has 1 aliphatic carbocycles. The van der Waals surface area contributed by atoms with Crippen LogP contribution in [0.5, 0.6) is 0 Å². The summed E-state index contributed by atoms with van der Waals surface area (Å²) in [6.45, 7) is 4.47. The third kappa shape index (κ3) is 3.76. The van der Waals surface area contributed by atoms with Gasteiger partial charge in [0.05, 0.1) is 13.1 Å². The van der Waals surface area contributed by atoms with E-state index in [9.17, 15) is 4.79 Å². The van der Waals surface area contributed by atoms with Crippen molar-refractivity contribution < 1.29 is 14.4 Å². The van der Waals surface area contributed by atoms with Crippen LogP contribution in [0.3, 0.4) is 0 Å². The molecule has 0 unspecified atom stereocenters. The van der Waals surface area contributed by atoms with Crippen LogP contribution in [0.25, 0.3) is 0 Å². The van der Waals surface area contributed by atoms with Gasteiger partial charge in [-0.25, -0.2) is 0 Å². The lowest BCUT2D eigenvalue weighted by molar-refractivity contribution is -0.139. The molecule has 6 heteroatoms. The van der Waals surface area contributed by atoms with E-state index in [1.807, 2.05) is 18.7 Å². The molecule has 0 radical (unpaired) electrons. The van der Waals surface area contributed by atoms with Crippen LogP contribution in [-0.4, -0.2) is 38.7 Å². The van der Waals surface area contributed by atoms with Crippen LogP contribution in [0.1, 0.15) is 57.2 Å². The van der Waals surface area contributed by atoms with E-state index in [-0.39, 0.29) is 12.5 Å². The Morgan fingerprint density at radius 3 is 2.68 bits per heavy atom. The van der Waals surface area contributed by atoms with Crippen LogP contribution in [0, 0.1) is 0 Å². The fourth-order valence-electron chi connectivity index (χ4n) is 2.51. The largest absolute Gasteiger partial charge is 0.480 e. The number of carbonyl (C=O) groups is 1. The fraction of sp³-hybridized carbons (Fsp3) is 0.769. The monoisotopic (exact) mass is 267 g/mol. The highest BCUT2D eigenvalue weighted by Gasteiger charge is 2.26. The minimum absolute atomic E-state index is 0.0379. The molecule has 1 saturated carbocycles. The van der Waals surface area contributed by atoms with Crippen LogP contribution < -0.4 is 0 Å². The summed E-state index contributed by atoms with van der Waals surface area (Å²) in [7, 11) is 0. The second-order valence-corrected chi connectivity index (χ2v) is 5.44. The molecule has 0 spiro atoms. The van der Waals surface area contributed by atoms with Gasteiger partial charge in [-0.1, -0.05) is 31.8 Å². The molecule has 1 aromatic heterocycles. The molecule has 0 amide bonds. The van der Waals surface area contributed by atoms with E-state index < -0.39 is 5.97 Å². The third-order valence-corrected chi connectivity index (χ3v) is 3.50. The van der Waals surface area contributed by atoms with Crippen molar-refractivity contribution in [2.24, 2.45) is 0 Å². The first-order valence-corrected chi connectivity index (χ1v) is 6.84. The molecule has 0 saturated heterocycles. The summed E-state index contributed by atoms with van der Waals surface area (Å²) in [5.74, 6) is 0.577. The van der Waals surface area contributed by atoms with Crippen molar-refractivity contribution in [3.63, 3.8) is 0 Å². The van der Waals surface area contributed by atoms with Crippen LogP contribution >= 0.6 is 0 Å². The second kappa shape index (κ2) is 6.14. The Labute approximate surface area is 112 Å². The van der Waals surface area contributed by atoms with Crippen LogP contribution in [0.15, 0.2) is 4.52 Å². The first-order valence-electron chi connectivity index (χ1n) is 6.84. The lowest BCUT2D eigenvalue weighted by Gasteiger charge is -2.25. The molecule has 106 valence electrons. The van der Waals surface area contributed by atoms with Gasteiger partial charge in [-0.15, -0.1) is 0 Å². The molecule has 0 atom stereocenters. The Morgan fingerprint density at radius 1 is 1.47 bits per heavy atom. The van der Waals surface area contributed by atoms with Crippen LogP contribution in [-0.2, 0) is 11.3 Å². The minimum Gasteiger partial charge on any atom is -0.480 e. The Morgan fingerprint density at radius 2 is 2.16 bits per heavy atom. The minimum atomic E-state index is -0.806. The number of aliphatic carboxylic acids is 1. The standard InChI is InChI=1S/C13H21N3O3/c1-9(2)13-14-11(15-19-13)7-16(8-12(17)18)10-5-3-4-6-10/h9-10H,3-8H2,1-2H3,(H,17,18). The van der Waals surface area contributed by atoms with E-state index >= 15 is 0 Å². The SMILES string of the molecule is CC(C)c1nc(CN(CC(=O)O)C2CCCC2)no1. The second-order valence-electron chi connectivity index (χ2n) is 5.44. The van der Waals surface area contributed by atoms with Crippen LogP contribution in [0.2, 0.25) is 0 Å². The number of aromatic nitrogens is 2. The molecule has 19 heavy (non-hydrogen) atoms. The first kappa shape index (κ1) is 14.0. The highest BCUT2D eigenvalue weighted by atomic mass is 16.5. The molecular formula is C13H21N3O3. The van der Waals surface area contributed by atoms with Gasteiger partial charge in [0.15, 0.2) is 5.82 Å². The van der Waals surface area contributed by atoms with Crippen LogP contribution in [0.4, 0.5) is 0 Å². The van der Waals surface area contributed by atoms with Gasteiger partial charge in [0.1, 0.15) is 0 Å². The summed E-state index contributed by atoms with van der Waals surface area (Å²) in [6.07, 6.45) is 4.46. The molecule has 0 bridgehead atoms. The zero-order chi connectivity index (χ0) is 13.8. The summed E-state index contributed by atoms with van der Waals surface area (Å²) < 4.78 is 5.16. The number of carboxylic acids is 1. The van der Waals surface area contributed by atoms with Crippen molar-refractivity contribution in [2.45, 2.75) is 58.0 Å². The molecule has 2 rings (SSSR count). The predicted molar refractivity (Wildman–Crippen MR) is 68.7 cm³/mol. The van der Waals surface area contributed by atoms with Crippen molar-refractivity contribution in [1.82, 2.24) is 15.0 Å². The van der Waals surface area contributed by atoms with Gasteiger partial charge in [0.2, 0.25) is 5.89 Å². The van der Waals surface area contributed by atoms with Gasteiger partial charge in [-0.2, -0.15) is 4.98 Å². The Balaban J connectivity index is 2.03. The van der Waals surface area contributed by atoms with Gasteiger partial charge >= 0.3 is 5.97 Å². The summed E-state index contributed by atoms with van der Waals surface area (Å²) in [5, 5.41) is 12.9. The van der Waals surface area contributed by atoms with E-state index in [2.05, 4.69) is 10.1 Å². The van der Waals surface area contributed by atoms with Gasteiger partial charge in [0, 0.05) is 12.0 Å². The van der Waals surface area contributed by atoms with Gasteiger partial charge < -0.3 is 9.63 Å². The lowest BCUT2D eigenvalue weighted by Crippen LogP contribution is -2.37. The average molecular weight is 267 g/mol. The Bertz CT molecular complexity index is 425. The molecule has 6 nitrogen and oxygen atoms in total. The highest BCUT2D eigenvalue weighted by molar-refractivity contribution is 5.69.